The second-order valence-electron chi connectivity index (χ2n) is 7.12. The molecule has 0 atom stereocenters. The number of para-hydroxylation sites is 1. The Hall–Kier alpha value is -2.83. The lowest BCUT2D eigenvalue weighted by molar-refractivity contribution is -0.114. The first-order valence-electron chi connectivity index (χ1n) is 10.1. The molecule has 0 aliphatic rings. The normalized spacial score (nSPS) is 11.2. The largest absolute Gasteiger partial charge is 0.325 e. The predicted molar refractivity (Wildman–Crippen MR) is 126 cm³/mol. The minimum atomic E-state index is -3.99. The lowest BCUT2D eigenvalue weighted by atomic mass is 10.1. The Balaban J connectivity index is 1.84. The molecule has 162 valence electrons. The molecule has 0 heterocycles. The molecule has 0 fully saturated rings. The molecule has 3 rings (SSSR count). The van der Waals surface area contributed by atoms with Gasteiger partial charge in [0, 0.05) is 5.69 Å². The standard InChI is InChI=1S/C24H25ClN2O3S/c1-2-3-9-19-14-16-20(17-15-19)26-24(28)18-27(23-13-8-7-12-22(23)25)31(29,30)21-10-5-4-6-11-21/h4-8,10-17H,2-3,9,18H2,1H3,(H,26,28). The third-order valence-electron chi connectivity index (χ3n) is 4.80. The van der Waals surface area contributed by atoms with Gasteiger partial charge in [0.25, 0.3) is 10.0 Å². The molecule has 0 aliphatic heterocycles. The van der Waals surface area contributed by atoms with Crippen molar-refractivity contribution in [3.63, 3.8) is 0 Å². The van der Waals surface area contributed by atoms with Crippen molar-refractivity contribution in [1.29, 1.82) is 0 Å². The topological polar surface area (TPSA) is 66.5 Å². The first-order valence-corrected chi connectivity index (χ1v) is 11.9. The number of nitrogens with zero attached hydrogens (tertiary/aromatic N) is 1. The van der Waals surface area contributed by atoms with Crippen molar-refractivity contribution < 1.29 is 13.2 Å². The number of carbonyl (C=O) groups is 1. The van der Waals surface area contributed by atoms with Crippen LogP contribution in [0.15, 0.2) is 83.8 Å². The summed E-state index contributed by atoms with van der Waals surface area (Å²) in [5, 5.41) is 3.03. The third-order valence-corrected chi connectivity index (χ3v) is 6.89. The highest BCUT2D eigenvalue weighted by molar-refractivity contribution is 7.92. The van der Waals surface area contributed by atoms with E-state index in [0.717, 1.165) is 23.6 Å². The number of aryl methyl sites for hydroxylation is 1. The van der Waals surface area contributed by atoms with Gasteiger partial charge in [-0.2, -0.15) is 0 Å². The van der Waals surface area contributed by atoms with Gasteiger partial charge in [-0.1, -0.05) is 67.4 Å². The zero-order valence-corrected chi connectivity index (χ0v) is 18.9. The summed E-state index contributed by atoms with van der Waals surface area (Å²) >= 11 is 6.28. The number of carbonyl (C=O) groups excluding carboxylic acids is 1. The van der Waals surface area contributed by atoms with E-state index >= 15 is 0 Å². The Bertz CT molecular complexity index is 1120. The van der Waals surface area contributed by atoms with Gasteiger partial charge in [0.2, 0.25) is 5.91 Å². The molecule has 0 saturated heterocycles. The fourth-order valence-corrected chi connectivity index (χ4v) is 4.89. The molecule has 0 aliphatic carbocycles. The number of rotatable bonds is 9. The van der Waals surface area contributed by atoms with E-state index in [2.05, 4.69) is 12.2 Å². The van der Waals surface area contributed by atoms with Crippen molar-refractivity contribution in [3.05, 3.63) is 89.4 Å². The van der Waals surface area contributed by atoms with Crippen LogP contribution in [0.3, 0.4) is 0 Å². The number of hydrogen-bond donors (Lipinski definition) is 1. The van der Waals surface area contributed by atoms with Crippen molar-refractivity contribution >= 4 is 38.9 Å². The second kappa shape index (κ2) is 10.5. The van der Waals surface area contributed by atoms with E-state index in [0.29, 0.717) is 5.69 Å². The van der Waals surface area contributed by atoms with Gasteiger partial charge in [-0.25, -0.2) is 8.42 Å². The van der Waals surface area contributed by atoms with Crippen LogP contribution in [0.25, 0.3) is 0 Å². The van der Waals surface area contributed by atoms with Crippen LogP contribution in [0.2, 0.25) is 5.02 Å². The van der Waals surface area contributed by atoms with E-state index in [-0.39, 0.29) is 15.6 Å². The Morgan fingerprint density at radius 3 is 2.23 bits per heavy atom. The molecule has 0 unspecified atom stereocenters. The van der Waals surface area contributed by atoms with Crippen LogP contribution in [0.1, 0.15) is 25.3 Å². The summed E-state index contributed by atoms with van der Waals surface area (Å²) < 4.78 is 27.6. The molecule has 5 nitrogen and oxygen atoms in total. The summed E-state index contributed by atoms with van der Waals surface area (Å²) in [4.78, 5) is 12.9. The summed E-state index contributed by atoms with van der Waals surface area (Å²) in [6, 6.07) is 22.2. The number of unbranched alkanes of at least 4 members (excludes halogenated alkanes) is 1. The average Bonchev–Trinajstić information content (AvgIpc) is 2.78. The Kier molecular flexibility index (Phi) is 7.71. The Labute approximate surface area is 188 Å². The number of halogens is 1. The zero-order valence-electron chi connectivity index (χ0n) is 17.3. The highest BCUT2D eigenvalue weighted by Gasteiger charge is 2.28. The van der Waals surface area contributed by atoms with Gasteiger partial charge in [0.1, 0.15) is 6.54 Å². The lowest BCUT2D eigenvalue weighted by Crippen LogP contribution is -2.38. The summed E-state index contributed by atoms with van der Waals surface area (Å²) in [6.45, 7) is 1.74. The average molecular weight is 457 g/mol. The van der Waals surface area contributed by atoms with Crippen LogP contribution in [-0.2, 0) is 21.2 Å². The van der Waals surface area contributed by atoms with Crippen LogP contribution >= 0.6 is 11.6 Å². The van der Waals surface area contributed by atoms with Crippen LogP contribution in [0.4, 0.5) is 11.4 Å². The molecule has 0 saturated carbocycles. The quantitative estimate of drug-likeness (QED) is 0.461. The molecule has 1 amide bonds. The van der Waals surface area contributed by atoms with E-state index < -0.39 is 22.5 Å². The fraction of sp³-hybridized carbons (Fsp3) is 0.208. The number of nitrogens with one attached hydrogen (secondary N) is 1. The first kappa shape index (κ1) is 22.8. The van der Waals surface area contributed by atoms with Gasteiger partial charge >= 0.3 is 0 Å². The zero-order chi connectivity index (χ0) is 22.3. The van der Waals surface area contributed by atoms with E-state index in [1.165, 1.54) is 17.7 Å². The van der Waals surface area contributed by atoms with Crippen LogP contribution < -0.4 is 9.62 Å². The van der Waals surface area contributed by atoms with Crippen molar-refractivity contribution in [2.75, 3.05) is 16.2 Å². The molecule has 3 aromatic carbocycles. The maximum Gasteiger partial charge on any atom is 0.264 e. The minimum Gasteiger partial charge on any atom is -0.325 e. The molecule has 7 heteroatoms. The number of benzene rings is 3. The Morgan fingerprint density at radius 2 is 1.58 bits per heavy atom. The van der Waals surface area contributed by atoms with Gasteiger partial charge in [-0.15, -0.1) is 0 Å². The summed E-state index contributed by atoms with van der Waals surface area (Å²) in [5.74, 6) is -0.458. The van der Waals surface area contributed by atoms with E-state index in [1.807, 2.05) is 24.3 Å². The summed E-state index contributed by atoms with van der Waals surface area (Å²) in [6.07, 6.45) is 3.21. The first-order chi connectivity index (χ1) is 14.9. The number of amides is 1. The number of anilines is 2. The fourth-order valence-electron chi connectivity index (χ4n) is 3.14. The van der Waals surface area contributed by atoms with Gasteiger partial charge in [-0.05, 0) is 54.8 Å². The van der Waals surface area contributed by atoms with Crippen LogP contribution in [0.5, 0.6) is 0 Å². The van der Waals surface area contributed by atoms with Crippen molar-refractivity contribution in [1.82, 2.24) is 0 Å². The van der Waals surface area contributed by atoms with Gasteiger partial charge < -0.3 is 5.32 Å². The molecule has 0 radical (unpaired) electrons. The maximum atomic E-state index is 13.3. The van der Waals surface area contributed by atoms with Gasteiger partial charge in [0.15, 0.2) is 0 Å². The molecule has 3 aromatic rings. The van der Waals surface area contributed by atoms with E-state index in [4.69, 9.17) is 11.6 Å². The predicted octanol–water partition coefficient (Wildman–Crippen LogP) is 5.52. The van der Waals surface area contributed by atoms with E-state index in [9.17, 15) is 13.2 Å². The molecule has 0 aromatic heterocycles. The monoisotopic (exact) mass is 456 g/mol. The minimum absolute atomic E-state index is 0.0861. The Morgan fingerprint density at radius 1 is 0.935 bits per heavy atom. The highest BCUT2D eigenvalue weighted by atomic mass is 35.5. The molecule has 31 heavy (non-hydrogen) atoms. The third kappa shape index (κ3) is 5.87. The smallest absolute Gasteiger partial charge is 0.264 e. The van der Waals surface area contributed by atoms with Gasteiger partial charge in [-0.3, -0.25) is 9.10 Å². The molecule has 0 bridgehead atoms. The molecule has 0 spiro atoms. The van der Waals surface area contributed by atoms with Crippen molar-refractivity contribution in [3.8, 4) is 0 Å². The SMILES string of the molecule is CCCCc1ccc(NC(=O)CN(c2ccccc2Cl)S(=O)(=O)c2ccccc2)cc1. The maximum absolute atomic E-state index is 13.3. The summed E-state index contributed by atoms with van der Waals surface area (Å²) in [5.41, 5.74) is 2.06. The van der Waals surface area contributed by atoms with Crippen LogP contribution in [0, 0.1) is 0 Å². The van der Waals surface area contributed by atoms with Crippen molar-refractivity contribution in [2.24, 2.45) is 0 Å². The second-order valence-corrected chi connectivity index (χ2v) is 9.39. The number of hydrogen-bond acceptors (Lipinski definition) is 3. The lowest BCUT2D eigenvalue weighted by Gasteiger charge is -2.25. The van der Waals surface area contributed by atoms with Crippen molar-refractivity contribution in [2.45, 2.75) is 31.1 Å². The highest BCUT2D eigenvalue weighted by Crippen LogP contribution is 2.30. The van der Waals surface area contributed by atoms with E-state index in [1.54, 1.807) is 42.5 Å². The summed E-state index contributed by atoms with van der Waals surface area (Å²) in [7, 11) is -3.99. The molecular formula is C24H25ClN2O3S. The molecular weight excluding hydrogens is 432 g/mol. The number of sulfonamides is 1. The van der Waals surface area contributed by atoms with Gasteiger partial charge in [0.05, 0.1) is 15.6 Å². The van der Waals surface area contributed by atoms with Crippen LogP contribution in [-0.4, -0.2) is 20.9 Å². The molecule has 1 N–H and O–H groups in total.